The molecule has 174 valence electrons. The monoisotopic (exact) mass is 462 g/mol. The van der Waals surface area contributed by atoms with E-state index in [1.807, 2.05) is 24.3 Å². The van der Waals surface area contributed by atoms with Gasteiger partial charge in [0, 0.05) is 18.8 Å². The fourth-order valence-electron chi connectivity index (χ4n) is 3.43. The van der Waals surface area contributed by atoms with Crippen LogP contribution in [0.25, 0.3) is 0 Å². The fraction of sp³-hybridized carbons (Fsp3) is 0.435. The maximum Gasteiger partial charge on any atom is 0.265 e. The lowest BCUT2D eigenvalue weighted by Crippen LogP contribution is -2.40. The van der Waals surface area contributed by atoms with E-state index in [2.05, 4.69) is 19.2 Å². The zero-order valence-electron chi connectivity index (χ0n) is 18.8. The molecule has 1 amide bonds. The van der Waals surface area contributed by atoms with Crippen molar-refractivity contribution in [3.8, 4) is 11.5 Å². The second kappa shape index (κ2) is 10.3. The number of amides is 1. The highest BCUT2D eigenvalue weighted by Gasteiger charge is 2.30. The number of methoxy groups -OCH3 is 1. The van der Waals surface area contributed by atoms with Crippen molar-refractivity contribution in [2.24, 2.45) is 0 Å². The van der Waals surface area contributed by atoms with Gasteiger partial charge in [-0.2, -0.15) is 4.31 Å². The second-order valence-corrected chi connectivity index (χ2v) is 9.73. The molecule has 0 saturated carbocycles. The van der Waals surface area contributed by atoms with Gasteiger partial charge < -0.3 is 19.5 Å². The van der Waals surface area contributed by atoms with Gasteiger partial charge in [-0.15, -0.1) is 0 Å². The SMILES string of the molecule is COc1ccc(NC(=O)[C@@H](C)Oc2ccccc2C(C)C)cc1S(=O)(=O)N1CCOCC1. The minimum atomic E-state index is -3.80. The first kappa shape index (κ1) is 24.0. The van der Waals surface area contributed by atoms with Crippen molar-refractivity contribution in [1.82, 2.24) is 4.31 Å². The third kappa shape index (κ3) is 5.40. The molecule has 32 heavy (non-hydrogen) atoms. The summed E-state index contributed by atoms with van der Waals surface area (Å²) < 4.78 is 44.0. The Balaban J connectivity index is 1.79. The Kier molecular flexibility index (Phi) is 7.76. The summed E-state index contributed by atoms with van der Waals surface area (Å²) in [5.41, 5.74) is 1.35. The van der Waals surface area contributed by atoms with Crippen molar-refractivity contribution in [3.63, 3.8) is 0 Å². The molecule has 0 aromatic heterocycles. The van der Waals surface area contributed by atoms with E-state index in [-0.39, 0.29) is 35.6 Å². The van der Waals surface area contributed by atoms with Crippen LogP contribution in [0.5, 0.6) is 11.5 Å². The first-order chi connectivity index (χ1) is 15.2. The van der Waals surface area contributed by atoms with Crippen molar-refractivity contribution in [3.05, 3.63) is 48.0 Å². The zero-order chi connectivity index (χ0) is 23.3. The molecule has 1 atom stereocenters. The molecule has 1 aliphatic rings. The molecule has 8 nitrogen and oxygen atoms in total. The van der Waals surface area contributed by atoms with Crippen molar-refractivity contribution in [2.75, 3.05) is 38.7 Å². The number of rotatable bonds is 8. The smallest absolute Gasteiger partial charge is 0.265 e. The van der Waals surface area contributed by atoms with Crippen LogP contribution >= 0.6 is 0 Å². The van der Waals surface area contributed by atoms with Crippen LogP contribution in [0.4, 0.5) is 5.69 Å². The van der Waals surface area contributed by atoms with Gasteiger partial charge in [-0.3, -0.25) is 4.79 Å². The predicted molar refractivity (Wildman–Crippen MR) is 122 cm³/mol. The fourth-order valence-corrected chi connectivity index (χ4v) is 5.02. The number of hydrogen-bond donors (Lipinski definition) is 1. The summed E-state index contributed by atoms with van der Waals surface area (Å²) in [6.07, 6.45) is -0.781. The first-order valence-corrected chi connectivity index (χ1v) is 12.0. The lowest BCUT2D eigenvalue weighted by atomic mass is 10.0. The largest absolute Gasteiger partial charge is 0.495 e. The van der Waals surface area contributed by atoms with Crippen LogP contribution in [0.15, 0.2) is 47.4 Å². The number of carbonyl (C=O) groups excluding carboxylic acids is 1. The molecule has 1 fully saturated rings. The van der Waals surface area contributed by atoms with Crippen molar-refractivity contribution >= 4 is 21.6 Å². The molecule has 9 heteroatoms. The summed E-state index contributed by atoms with van der Waals surface area (Å²) in [6.45, 7) is 6.97. The van der Waals surface area contributed by atoms with Crippen molar-refractivity contribution in [2.45, 2.75) is 37.7 Å². The van der Waals surface area contributed by atoms with Gasteiger partial charge in [-0.1, -0.05) is 32.0 Å². The Hall–Kier alpha value is -2.62. The van der Waals surface area contributed by atoms with Gasteiger partial charge >= 0.3 is 0 Å². The number of nitrogens with zero attached hydrogens (tertiary/aromatic N) is 1. The first-order valence-electron chi connectivity index (χ1n) is 10.6. The highest BCUT2D eigenvalue weighted by molar-refractivity contribution is 7.89. The number of hydrogen-bond acceptors (Lipinski definition) is 6. The molecule has 3 rings (SSSR count). The van der Waals surface area contributed by atoms with E-state index in [1.54, 1.807) is 13.0 Å². The van der Waals surface area contributed by atoms with E-state index in [1.165, 1.54) is 23.5 Å². The Morgan fingerprint density at radius 3 is 2.41 bits per heavy atom. The van der Waals surface area contributed by atoms with Crippen LogP contribution in [0, 0.1) is 0 Å². The van der Waals surface area contributed by atoms with Gasteiger partial charge in [0.05, 0.1) is 20.3 Å². The molecule has 0 radical (unpaired) electrons. The van der Waals surface area contributed by atoms with Gasteiger partial charge in [0.25, 0.3) is 5.91 Å². The van der Waals surface area contributed by atoms with Crippen molar-refractivity contribution in [1.29, 1.82) is 0 Å². The highest BCUT2D eigenvalue weighted by atomic mass is 32.2. The summed E-state index contributed by atoms with van der Waals surface area (Å²) in [5.74, 6) is 0.722. The minimum absolute atomic E-state index is 0.00146. The number of nitrogens with one attached hydrogen (secondary N) is 1. The average molecular weight is 463 g/mol. The van der Waals surface area contributed by atoms with Gasteiger partial charge in [-0.25, -0.2) is 8.42 Å². The lowest BCUT2D eigenvalue weighted by molar-refractivity contribution is -0.122. The summed E-state index contributed by atoms with van der Waals surface area (Å²) in [7, 11) is -2.39. The van der Waals surface area contributed by atoms with Crippen LogP contribution < -0.4 is 14.8 Å². The van der Waals surface area contributed by atoms with Crippen LogP contribution in [0.1, 0.15) is 32.3 Å². The van der Waals surface area contributed by atoms with E-state index >= 15 is 0 Å². The standard InChI is InChI=1S/C23H30N2O6S/c1-16(2)19-7-5-6-8-20(19)31-17(3)23(26)24-18-9-10-21(29-4)22(15-18)32(27,28)25-11-13-30-14-12-25/h5-10,15-17H,11-14H2,1-4H3,(H,24,26)/t17-/m1/s1. The summed E-state index contributed by atoms with van der Waals surface area (Å²) in [6, 6.07) is 12.1. The van der Waals surface area contributed by atoms with E-state index < -0.39 is 16.1 Å². The lowest BCUT2D eigenvalue weighted by Gasteiger charge is -2.27. The molecule has 0 aliphatic carbocycles. The van der Waals surface area contributed by atoms with Crippen LogP contribution in [0.3, 0.4) is 0 Å². The third-order valence-corrected chi connectivity index (χ3v) is 7.15. The van der Waals surface area contributed by atoms with Gasteiger partial charge in [0.2, 0.25) is 10.0 Å². The molecule has 0 spiro atoms. The maximum atomic E-state index is 13.1. The summed E-state index contributed by atoms with van der Waals surface area (Å²) >= 11 is 0. The van der Waals surface area contributed by atoms with E-state index in [0.717, 1.165) is 5.56 Å². The second-order valence-electron chi connectivity index (χ2n) is 7.82. The van der Waals surface area contributed by atoms with E-state index in [9.17, 15) is 13.2 Å². The molecule has 2 aromatic carbocycles. The number of benzene rings is 2. The predicted octanol–water partition coefficient (Wildman–Crippen LogP) is 3.25. The number of sulfonamides is 1. The number of anilines is 1. The Bertz CT molecular complexity index is 1050. The molecule has 0 unspecified atom stereocenters. The Morgan fingerprint density at radius 1 is 1.06 bits per heavy atom. The molecule has 2 aromatic rings. The molecule has 1 aliphatic heterocycles. The van der Waals surface area contributed by atoms with E-state index in [0.29, 0.717) is 24.7 Å². The Morgan fingerprint density at radius 2 is 1.75 bits per heavy atom. The van der Waals surface area contributed by atoms with Gasteiger partial charge in [0.1, 0.15) is 16.4 Å². The summed E-state index contributed by atoms with van der Waals surface area (Å²) in [5, 5.41) is 2.75. The minimum Gasteiger partial charge on any atom is -0.495 e. The van der Waals surface area contributed by atoms with E-state index in [4.69, 9.17) is 14.2 Å². The molecule has 1 heterocycles. The molecule has 1 N–H and O–H groups in total. The molecular formula is C23H30N2O6S. The van der Waals surface area contributed by atoms with Crippen LogP contribution in [-0.4, -0.2) is 58.1 Å². The Labute approximate surface area is 189 Å². The summed E-state index contributed by atoms with van der Waals surface area (Å²) in [4.78, 5) is 12.8. The maximum absolute atomic E-state index is 13.1. The zero-order valence-corrected chi connectivity index (χ0v) is 19.6. The highest BCUT2D eigenvalue weighted by Crippen LogP contribution is 2.31. The molecular weight excluding hydrogens is 432 g/mol. The third-order valence-electron chi connectivity index (χ3n) is 5.23. The van der Waals surface area contributed by atoms with Crippen molar-refractivity contribution < 1.29 is 27.4 Å². The normalized spacial score (nSPS) is 15.9. The van der Waals surface area contributed by atoms with Crippen LogP contribution in [-0.2, 0) is 19.6 Å². The quantitative estimate of drug-likeness (QED) is 0.647. The van der Waals surface area contributed by atoms with Gasteiger partial charge in [-0.05, 0) is 42.7 Å². The number of para-hydroxylation sites is 1. The topological polar surface area (TPSA) is 94.2 Å². The molecule has 1 saturated heterocycles. The van der Waals surface area contributed by atoms with Crippen LogP contribution in [0.2, 0.25) is 0 Å². The number of morpholine rings is 1. The average Bonchev–Trinajstić information content (AvgIpc) is 2.79. The number of carbonyl (C=O) groups is 1. The number of ether oxygens (including phenoxy) is 3. The molecule has 0 bridgehead atoms. The van der Waals surface area contributed by atoms with Gasteiger partial charge in [0.15, 0.2) is 6.10 Å².